The van der Waals surface area contributed by atoms with E-state index in [2.05, 4.69) is 5.32 Å². The Morgan fingerprint density at radius 1 is 1.26 bits per heavy atom. The molecule has 1 fully saturated rings. The first-order valence-electron chi connectivity index (χ1n) is 6.10. The van der Waals surface area contributed by atoms with Crippen LogP contribution in [0.1, 0.15) is 24.3 Å². The number of hydrogen-bond donors (Lipinski definition) is 2. The van der Waals surface area contributed by atoms with Gasteiger partial charge in [0.1, 0.15) is 5.82 Å². The van der Waals surface area contributed by atoms with E-state index >= 15 is 0 Å². The summed E-state index contributed by atoms with van der Waals surface area (Å²) in [5.41, 5.74) is 0.608. The van der Waals surface area contributed by atoms with E-state index in [-0.39, 0.29) is 17.8 Å². The van der Waals surface area contributed by atoms with Crippen LogP contribution in [0.25, 0.3) is 0 Å². The lowest BCUT2D eigenvalue weighted by Crippen LogP contribution is -2.47. The van der Waals surface area contributed by atoms with Gasteiger partial charge in [-0.25, -0.2) is 4.39 Å². The highest BCUT2D eigenvalue weighted by Gasteiger charge is 2.39. The molecule has 0 saturated heterocycles. The molecule has 2 N–H and O–H groups in total. The zero-order valence-electron chi connectivity index (χ0n) is 10.1. The van der Waals surface area contributed by atoms with Crippen LogP contribution in [0.4, 0.5) is 17.6 Å². The summed E-state index contributed by atoms with van der Waals surface area (Å²) in [6.45, 7) is -0.516. The number of rotatable bonds is 4. The minimum Gasteiger partial charge on any atom is -0.382 e. The van der Waals surface area contributed by atoms with Crippen molar-refractivity contribution in [3.05, 3.63) is 35.6 Å². The zero-order valence-corrected chi connectivity index (χ0v) is 10.1. The predicted octanol–water partition coefficient (Wildman–Crippen LogP) is 2.58. The van der Waals surface area contributed by atoms with E-state index in [1.165, 1.54) is 6.07 Å². The summed E-state index contributed by atoms with van der Waals surface area (Å²) in [7, 11) is 0. The van der Waals surface area contributed by atoms with E-state index < -0.39 is 18.8 Å². The van der Waals surface area contributed by atoms with E-state index in [9.17, 15) is 17.6 Å². The van der Waals surface area contributed by atoms with Gasteiger partial charge in [0.25, 0.3) is 0 Å². The second-order valence-electron chi connectivity index (χ2n) is 4.85. The van der Waals surface area contributed by atoms with E-state index in [0.717, 1.165) is 0 Å². The topological polar surface area (TPSA) is 32.3 Å². The van der Waals surface area contributed by atoms with Crippen molar-refractivity contribution in [3.63, 3.8) is 0 Å². The van der Waals surface area contributed by atoms with E-state index in [4.69, 9.17) is 5.11 Å². The molecule has 1 aliphatic rings. The molecule has 1 saturated carbocycles. The molecule has 1 aliphatic carbocycles. The third kappa shape index (κ3) is 3.45. The van der Waals surface area contributed by atoms with Crippen LogP contribution in [0.2, 0.25) is 0 Å². The second kappa shape index (κ2) is 5.46. The van der Waals surface area contributed by atoms with Gasteiger partial charge < -0.3 is 10.4 Å². The first-order valence-corrected chi connectivity index (χ1v) is 6.10. The van der Waals surface area contributed by atoms with Crippen molar-refractivity contribution < 1.29 is 22.7 Å². The molecule has 1 aromatic carbocycles. The predicted molar refractivity (Wildman–Crippen MR) is 62.2 cm³/mol. The average molecular weight is 277 g/mol. The minimum atomic E-state index is -4.60. The van der Waals surface area contributed by atoms with Gasteiger partial charge >= 0.3 is 6.18 Å². The van der Waals surface area contributed by atoms with Crippen molar-refractivity contribution in [3.8, 4) is 0 Å². The van der Waals surface area contributed by atoms with Crippen LogP contribution in [0.15, 0.2) is 24.3 Å². The van der Waals surface area contributed by atoms with Crippen LogP contribution in [0, 0.1) is 5.82 Å². The number of halogens is 4. The van der Waals surface area contributed by atoms with Gasteiger partial charge in [-0.15, -0.1) is 0 Å². The summed E-state index contributed by atoms with van der Waals surface area (Å²) < 4.78 is 49.7. The Kier molecular flexibility index (Phi) is 4.10. The van der Waals surface area contributed by atoms with Crippen LogP contribution in [-0.2, 0) is 0 Å². The Labute approximate surface area is 108 Å². The average Bonchev–Trinajstić information content (AvgIpc) is 2.27. The zero-order chi connectivity index (χ0) is 14.0. The van der Waals surface area contributed by atoms with Gasteiger partial charge in [-0.3, -0.25) is 0 Å². The van der Waals surface area contributed by atoms with Crippen LogP contribution in [0.3, 0.4) is 0 Å². The number of nitrogens with one attached hydrogen (secondary N) is 1. The highest BCUT2D eigenvalue weighted by molar-refractivity contribution is 5.24. The van der Waals surface area contributed by atoms with Crippen LogP contribution < -0.4 is 5.32 Å². The Morgan fingerprint density at radius 3 is 2.47 bits per heavy atom. The molecule has 106 valence electrons. The summed E-state index contributed by atoms with van der Waals surface area (Å²) in [6, 6.07) is 6.32. The molecule has 1 aromatic rings. The molecule has 1 atom stereocenters. The number of aliphatic hydroxyl groups is 1. The fourth-order valence-corrected chi connectivity index (χ4v) is 2.24. The number of hydrogen-bond acceptors (Lipinski definition) is 2. The molecule has 0 heterocycles. The molecule has 0 aromatic heterocycles. The second-order valence-corrected chi connectivity index (χ2v) is 4.85. The maximum atomic E-state index is 13.4. The summed E-state index contributed by atoms with van der Waals surface area (Å²) in [5, 5.41) is 11.5. The Hall–Kier alpha value is -1.14. The van der Waals surface area contributed by atoms with Crippen LogP contribution in [0.5, 0.6) is 0 Å². The lowest BCUT2D eigenvalue weighted by molar-refractivity contribution is -0.202. The lowest BCUT2D eigenvalue weighted by atomic mass is 9.75. The quantitative estimate of drug-likeness (QED) is 0.829. The van der Waals surface area contributed by atoms with Gasteiger partial charge in [-0.1, -0.05) is 18.2 Å². The SMILES string of the molecule is OC(CNC1CC(c2ccccc2F)C1)C(F)(F)F. The Morgan fingerprint density at radius 2 is 1.89 bits per heavy atom. The van der Waals surface area contributed by atoms with Crippen molar-refractivity contribution in [2.24, 2.45) is 0 Å². The first-order chi connectivity index (χ1) is 8.88. The molecule has 0 radical (unpaired) electrons. The van der Waals surface area contributed by atoms with E-state index in [1.807, 2.05) is 0 Å². The molecule has 2 rings (SSSR count). The smallest absolute Gasteiger partial charge is 0.382 e. The summed E-state index contributed by atoms with van der Waals surface area (Å²) >= 11 is 0. The van der Waals surface area contributed by atoms with E-state index in [1.54, 1.807) is 18.2 Å². The lowest BCUT2D eigenvalue weighted by Gasteiger charge is -2.37. The standard InChI is InChI=1S/C13H15F4NO/c14-11-4-2-1-3-10(11)8-5-9(6-8)18-7-12(19)13(15,16)17/h1-4,8-9,12,18-19H,5-7H2. The van der Waals surface area contributed by atoms with Crippen molar-refractivity contribution in [1.82, 2.24) is 5.32 Å². The molecule has 1 unspecified atom stereocenters. The maximum Gasteiger partial charge on any atom is 0.415 e. The maximum absolute atomic E-state index is 13.4. The first kappa shape index (κ1) is 14.3. The minimum absolute atomic E-state index is 0.0433. The molecule has 19 heavy (non-hydrogen) atoms. The molecule has 6 heteroatoms. The third-order valence-corrected chi connectivity index (χ3v) is 3.46. The highest BCUT2D eigenvalue weighted by Crippen LogP contribution is 2.38. The Bertz CT molecular complexity index is 429. The van der Waals surface area contributed by atoms with Crippen molar-refractivity contribution >= 4 is 0 Å². The molecule has 0 spiro atoms. The summed E-state index contributed by atoms with van der Waals surface area (Å²) in [4.78, 5) is 0. The summed E-state index contributed by atoms with van der Waals surface area (Å²) in [5.74, 6) is -0.233. The molecule has 0 amide bonds. The molecule has 0 aliphatic heterocycles. The molecular formula is C13H15F4NO. The van der Waals surface area contributed by atoms with Crippen molar-refractivity contribution in [2.75, 3.05) is 6.54 Å². The van der Waals surface area contributed by atoms with Gasteiger partial charge in [0.05, 0.1) is 0 Å². The monoisotopic (exact) mass is 277 g/mol. The van der Waals surface area contributed by atoms with Crippen LogP contribution >= 0.6 is 0 Å². The fourth-order valence-electron chi connectivity index (χ4n) is 2.24. The van der Waals surface area contributed by atoms with Gasteiger partial charge in [0, 0.05) is 12.6 Å². The Balaban J connectivity index is 1.77. The fraction of sp³-hybridized carbons (Fsp3) is 0.538. The van der Waals surface area contributed by atoms with Crippen molar-refractivity contribution in [2.45, 2.75) is 37.1 Å². The van der Waals surface area contributed by atoms with Gasteiger partial charge in [0.15, 0.2) is 6.10 Å². The normalized spacial score (nSPS) is 24.9. The molecule has 0 bridgehead atoms. The summed E-state index contributed by atoms with van der Waals surface area (Å²) in [6.07, 6.45) is -5.77. The van der Waals surface area contributed by atoms with Gasteiger partial charge in [-0.2, -0.15) is 13.2 Å². The molecule has 2 nitrogen and oxygen atoms in total. The number of alkyl halides is 3. The van der Waals surface area contributed by atoms with Gasteiger partial charge in [-0.05, 0) is 30.4 Å². The number of benzene rings is 1. The largest absolute Gasteiger partial charge is 0.415 e. The highest BCUT2D eigenvalue weighted by atomic mass is 19.4. The molecular weight excluding hydrogens is 262 g/mol. The van der Waals surface area contributed by atoms with Crippen LogP contribution in [-0.4, -0.2) is 30.0 Å². The van der Waals surface area contributed by atoms with Gasteiger partial charge in [0.2, 0.25) is 0 Å². The van der Waals surface area contributed by atoms with E-state index in [0.29, 0.717) is 18.4 Å². The third-order valence-electron chi connectivity index (χ3n) is 3.46. The van der Waals surface area contributed by atoms with Crippen molar-refractivity contribution in [1.29, 1.82) is 0 Å². The number of aliphatic hydroxyl groups excluding tert-OH is 1.